The van der Waals surface area contributed by atoms with Crippen LogP contribution in [0.2, 0.25) is 0 Å². The van der Waals surface area contributed by atoms with Gasteiger partial charge in [0.15, 0.2) is 0 Å². The number of nitrogens with one attached hydrogen (secondary N) is 1. The quantitative estimate of drug-likeness (QED) is 0.871. The third-order valence-electron chi connectivity index (χ3n) is 3.35. The molecule has 0 fully saturated rings. The Morgan fingerprint density at radius 3 is 3.11 bits per heavy atom. The standard InChI is InChI=1S/C13H15N5O/c1-14-11-8-15-3-2-10(11)13(19)18-7-6-17-5-4-16-12(17)9-18/h2-5,8,14H,6-7,9H2,1H3. The van der Waals surface area contributed by atoms with Gasteiger partial charge in [-0.3, -0.25) is 9.78 Å². The normalized spacial score (nSPS) is 14.1. The second-order valence-electron chi connectivity index (χ2n) is 4.43. The molecule has 3 heterocycles. The molecular formula is C13H15N5O. The van der Waals surface area contributed by atoms with E-state index >= 15 is 0 Å². The fraction of sp³-hybridized carbons (Fsp3) is 0.308. The first kappa shape index (κ1) is 11.7. The van der Waals surface area contributed by atoms with Crippen LogP contribution in [0.25, 0.3) is 0 Å². The van der Waals surface area contributed by atoms with E-state index in [0.29, 0.717) is 18.7 Å². The molecule has 2 aromatic heterocycles. The Morgan fingerprint density at radius 1 is 1.37 bits per heavy atom. The molecule has 0 bridgehead atoms. The number of imidazole rings is 1. The van der Waals surface area contributed by atoms with Crippen molar-refractivity contribution in [2.45, 2.75) is 13.1 Å². The molecular weight excluding hydrogens is 242 g/mol. The van der Waals surface area contributed by atoms with E-state index in [1.807, 2.05) is 11.1 Å². The number of anilines is 1. The lowest BCUT2D eigenvalue weighted by Gasteiger charge is -2.28. The van der Waals surface area contributed by atoms with Crippen molar-refractivity contribution in [1.29, 1.82) is 0 Å². The summed E-state index contributed by atoms with van der Waals surface area (Å²) < 4.78 is 2.08. The van der Waals surface area contributed by atoms with Crippen molar-refractivity contribution < 1.29 is 4.79 Å². The molecule has 0 spiro atoms. The molecule has 6 heteroatoms. The van der Waals surface area contributed by atoms with Crippen LogP contribution in [-0.2, 0) is 13.1 Å². The molecule has 1 aliphatic rings. The highest BCUT2D eigenvalue weighted by atomic mass is 16.2. The Morgan fingerprint density at radius 2 is 2.26 bits per heavy atom. The Balaban J connectivity index is 1.85. The molecule has 0 aromatic carbocycles. The van der Waals surface area contributed by atoms with Crippen LogP contribution in [-0.4, -0.2) is 38.9 Å². The highest BCUT2D eigenvalue weighted by molar-refractivity contribution is 5.99. The molecule has 0 atom stereocenters. The number of pyridine rings is 1. The second kappa shape index (κ2) is 4.72. The summed E-state index contributed by atoms with van der Waals surface area (Å²) in [6, 6.07) is 1.75. The molecule has 3 rings (SSSR count). The first-order valence-electron chi connectivity index (χ1n) is 6.20. The Hall–Kier alpha value is -2.37. The van der Waals surface area contributed by atoms with Gasteiger partial charge in [-0.05, 0) is 6.07 Å². The largest absolute Gasteiger partial charge is 0.386 e. The molecule has 0 saturated carbocycles. The summed E-state index contributed by atoms with van der Waals surface area (Å²) in [6.45, 7) is 2.05. The average Bonchev–Trinajstić information content (AvgIpc) is 2.93. The van der Waals surface area contributed by atoms with Gasteiger partial charge >= 0.3 is 0 Å². The summed E-state index contributed by atoms with van der Waals surface area (Å²) >= 11 is 0. The van der Waals surface area contributed by atoms with Crippen LogP contribution in [0.4, 0.5) is 5.69 Å². The van der Waals surface area contributed by atoms with E-state index in [9.17, 15) is 4.79 Å². The molecule has 0 saturated heterocycles. The van der Waals surface area contributed by atoms with Crippen LogP contribution >= 0.6 is 0 Å². The Labute approximate surface area is 111 Å². The van der Waals surface area contributed by atoms with Gasteiger partial charge in [-0.1, -0.05) is 0 Å². The lowest BCUT2D eigenvalue weighted by Crippen LogP contribution is -2.38. The van der Waals surface area contributed by atoms with Gasteiger partial charge in [-0.2, -0.15) is 0 Å². The minimum atomic E-state index is 0.0148. The molecule has 19 heavy (non-hydrogen) atoms. The van der Waals surface area contributed by atoms with Gasteiger partial charge in [0.05, 0.1) is 24.0 Å². The highest BCUT2D eigenvalue weighted by Gasteiger charge is 2.23. The van der Waals surface area contributed by atoms with Crippen molar-refractivity contribution >= 4 is 11.6 Å². The minimum Gasteiger partial charge on any atom is -0.386 e. The van der Waals surface area contributed by atoms with Crippen LogP contribution in [0.5, 0.6) is 0 Å². The molecule has 0 aliphatic carbocycles. The fourth-order valence-electron chi connectivity index (χ4n) is 2.30. The summed E-state index contributed by atoms with van der Waals surface area (Å²) in [7, 11) is 1.79. The van der Waals surface area contributed by atoms with E-state index in [-0.39, 0.29) is 5.91 Å². The fourth-order valence-corrected chi connectivity index (χ4v) is 2.30. The van der Waals surface area contributed by atoms with E-state index in [0.717, 1.165) is 18.1 Å². The van der Waals surface area contributed by atoms with Crippen molar-refractivity contribution in [2.75, 3.05) is 18.9 Å². The molecule has 6 nitrogen and oxygen atoms in total. The number of amides is 1. The van der Waals surface area contributed by atoms with E-state index in [1.165, 1.54) is 0 Å². The van der Waals surface area contributed by atoms with E-state index in [2.05, 4.69) is 19.9 Å². The molecule has 2 aromatic rings. The lowest BCUT2D eigenvalue weighted by molar-refractivity contribution is 0.0708. The molecule has 0 radical (unpaired) electrons. The van der Waals surface area contributed by atoms with Crippen molar-refractivity contribution in [2.24, 2.45) is 0 Å². The monoisotopic (exact) mass is 257 g/mol. The Kier molecular flexibility index (Phi) is 2.91. The van der Waals surface area contributed by atoms with Crippen molar-refractivity contribution in [3.05, 3.63) is 42.2 Å². The minimum absolute atomic E-state index is 0.0148. The van der Waals surface area contributed by atoms with Crippen LogP contribution in [0, 0.1) is 0 Å². The number of aromatic nitrogens is 3. The SMILES string of the molecule is CNc1cnccc1C(=O)N1CCn2ccnc2C1. The summed E-state index contributed by atoms with van der Waals surface area (Å²) in [4.78, 5) is 22.6. The molecule has 0 unspecified atom stereocenters. The number of rotatable bonds is 2. The zero-order chi connectivity index (χ0) is 13.2. The summed E-state index contributed by atoms with van der Waals surface area (Å²) in [6.07, 6.45) is 7.02. The van der Waals surface area contributed by atoms with E-state index in [4.69, 9.17) is 0 Å². The van der Waals surface area contributed by atoms with Gasteiger partial charge in [0.2, 0.25) is 0 Å². The van der Waals surface area contributed by atoms with Crippen LogP contribution in [0.15, 0.2) is 30.9 Å². The smallest absolute Gasteiger partial charge is 0.256 e. The molecule has 1 aliphatic heterocycles. The number of carbonyl (C=O) groups excluding carboxylic acids is 1. The van der Waals surface area contributed by atoms with Gasteiger partial charge in [0.25, 0.3) is 5.91 Å². The van der Waals surface area contributed by atoms with Crippen LogP contribution < -0.4 is 5.32 Å². The van der Waals surface area contributed by atoms with Crippen molar-refractivity contribution in [3.8, 4) is 0 Å². The first-order chi connectivity index (χ1) is 9.29. The van der Waals surface area contributed by atoms with Crippen LogP contribution in [0.1, 0.15) is 16.2 Å². The van der Waals surface area contributed by atoms with Gasteiger partial charge in [0, 0.05) is 38.7 Å². The zero-order valence-electron chi connectivity index (χ0n) is 10.7. The summed E-state index contributed by atoms with van der Waals surface area (Å²) in [5.41, 5.74) is 1.40. The number of hydrogen-bond donors (Lipinski definition) is 1. The maximum absolute atomic E-state index is 12.5. The third kappa shape index (κ3) is 2.05. The van der Waals surface area contributed by atoms with Crippen molar-refractivity contribution in [3.63, 3.8) is 0 Å². The van der Waals surface area contributed by atoms with Gasteiger partial charge in [-0.25, -0.2) is 4.98 Å². The predicted molar refractivity (Wildman–Crippen MR) is 70.8 cm³/mol. The number of hydrogen-bond acceptors (Lipinski definition) is 4. The average molecular weight is 257 g/mol. The second-order valence-corrected chi connectivity index (χ2v) is 4.43. The van der Waals surface area contributed by atoms with Gasteiger partial charge in [0.1, 0.15) is 5.82 Å². The maximum atomic E-state index is 12.5. The van der Waals surface area contributed by atoms with E-state index in [1.54, 1.807) is 31.7 Å². The molecule has 98 valence electrons. The van der Waals surface area contributed by atoms with E-state index < -0.39 is 0 Å². The topological polar surface area (TPSA) is 63.1 Å². The summed E-state index contributed by atoms with van der Waals surface area (Å²) in [5, 5.41) is 3.00. The van der Waals surface area contributed by atoms with Crippen molar-refractivity contribution in [1.82, 2.24) is 19.4 Å². The predicted octanol–water partition coefficient (Wildman–Crippen LogP) is 0.976. The third-order valence-corrected chi connectivity index (χ3v) is 3.35. The molecule has 1 amide bonds. The number of nitrogens with zero attached hydrogens (tertiary/aromatic N) is 4. The van der Waals surface area contributed by atoms with Gasteiger partial charge in [-0.15, -0.1) is 0 Å². The maximum Gasteiger partial charge on any atom is 0.256 e. The first-order valence-corrected chi connectivity index (χ1v) is 6.20. The number of carbonyl (C=O) groups is 1. The number of fused-ring (bicyclic) bond motifs is 1. The van der Waals surface area contributed by atoms with Gasteiger partial charge < -0.3 is 14.8 Å². The zero-order valence-corrected chi connectivity index (χ0v) is 10.7. The summed E-state index contributed by atoms with van der Waals surface area (Å²) in [5.74, 6) is 0.945. The highest BCUT2D eigenvalue weighted by Crippen LogP contribution is 2.18. The molecule has 1 N–H and O–H groups in total. The Bertz CT molecular complexity index is 607. The lowest BCUT2D eigenvalue weighted by atomic mass is 10.2. The van der Waals surface area contributed by atoms with Crippen LogP contribution in [0.3, 0.4) is 0 Å².